The number of hydrogen-bond acceptors (Lipinski definition) is 7. The zero-order valence-electron chi connectivity index (χ0n) is 17.6. The molecule has 0 saturated carbocycles. The summed E-state index contributed by atoms with van der Waals surface area (Å²) in [4.78, 5) is 11.3. The maximum Gasteiger partial charge on any atom is 0.460 e. The number of ether oxygens (including phenoxy) is 2. The van der Waals surface area contributed by atoms with Gasteiger partial charge in [0.25, 0.3) is 5.91 Å². The van der Waals surface area contributed by atoms with E-state index >= 15 is 0 Å². The number of aliphatic hydroxyl groups excluding tert-OH is 4. The van der Waals surface area contributed by atoms with E-state index in [1.807, 2.05) is 0 Å². The first-order chi connectivity index (χ1) is 16.4. The highest BCUT2D eigenvalue weighted by atomic mass is 19.4. The van der Waals surface area contributed by atoms with Gasteiger partial charge in [0.2, 0.25) is 0 Å². The van der Waals surface area contributed by atoms with Gasteiger partial charge in [-0.25, -0.2) is 0 Å². The van der Waals surface area contributed by atoms with Gasteiger partial charge in [0.15, 0.2) is 6.29 Å². The number of halogens is 13. The first kappa shape index (κ1) is 33.3. The molecule has 0 radical (unpaired) electrons. The van der Waals surface area contributed by atoms with Crippen molar-refractivity contribution >= 4 is 5.91 Å². The second-order valence-corrected chi connectivity index (χ2v) is 7.54. The summed E-state index contributed by atoms with van der Waals surface area (Å²) in [5.74, 6) is -42.4. The molecule has 0 bridgehead atoms. The summed E-state index contributed by atoms with van der Waals surface area (Å²) in [6.07, 6.45) is -17.2. The third-order valence-electron chi connectivity index (χ3n) is 4.98. The van der Waals surface area contributed by atoms with Gasteiger partial charge in [-0.1, -0.05) is 0 Å². The molecule has 0 aliphatic carbocycles. The van der Waals surface area contributed by atoms with Gasteiger partial charge in [-0.15, -0.1) is 0 Å². The molecule has 5 N–H and O–H groups in total. The number of amides is 1. The summed E-state index contributed by atoms with van der Waals surface area (Å²) in [6, 6.07) is 0. The molecular formula is C16H18F13NO7. The van der Waals surface area contributed by atoms with Crippen molar-refractivity contribution in [2.24, 2.45) is 0 Å². The van der Waals surface area contributed by atoms with Crippen molar-refractivity contribution in [3.8, 4) is 0 Å². The Morgan fingerprint density at radius 2 is 1.27 bits per heavy atom. The monoisotopic (exact) mass is 583 g/mol. The van der Waals surface area contributed by atoms with Crippen molar-refractivity contribution in [1.82, 2.24) is 5.32 Å². The van der Waals surface area contributed by atoms with Crippen LogP contribution in [0.25, 0.3) is 0 Å². The highest BCUT2D eigenvalue weighted by molar-refractivity contribution is 5.84. The molecule has 220 valence electrons. The second-order valence-electron chi connectivity index (χ2n) is 7.54. The molecule has 37 heavy (non-hydrogen) atoms. The first-order valence-electron chi connectivity index (χ1n) is 9.59. The molecule has 1 saturated heterocycles. The van der Waals surface area contributed by atoms with Crippen LogP contribution >= 0.6 is 0 Å². The lowest BCUT2D eigenvalue weighted by Crippen LogP contribution is -2.72. The van der Waals surface area contributed by atoms with E-state index in [4.69, 9.17) is 9.84 Å². The lowest BCUT2D eigenvalue weighted by molar-refractivity contribution is -0.436. The van der Waals surface area contributed by atoms with Crippen LogP contribution in [0.15, 0.2) is 0 Å². The Morgan fingerprint density at radius 1 is 0.784 bits per heavy atom. The predicted molar refractivity (Wildman–Crippen MR) is 88.1 cm³/mol. The highest BCUT2D eigenvalue weighted by Gasteiger charge is 2.91. The Hall–Kier alpha value is -1.68. The number of rotatable bonds is 11. The number of aliphatic hydroxyl groups is 4. The number of carbonyl (C=O) groups excluding carboxylic acids is 1. The Bertz CT molecular complexity index is 795. The molecule has 5 atom stereocenters. The van der Waals surface area contributed by atoms with E-state index in [1.165, 1.54) is 0 Å². The maximum absolute atomic E-state index is 13.7. The molecule has 1 rings (SSSR count). The molecule has 0 aromatic heterocycles. The second kappa shape index (κ2) is 10.8. The SMILES string of the molecule is O=C(NCCCO[C@H]1[C@H](O)[C@@H](CO)OC(O)[C@@H]1O)C(F)(F)C(F)(F)C(F)(F)C(F)(F)C(F)(F)C(F)(F)F. The third kappa shape index (κ3) is 5.70. The molecule has 1 unspecified atom stereocenters. The topological polar surface area (TPSA) is 128 Å². The summed E-state index contributed by atoms with van der Waals surface area (Å²) in [5, 5.41) is 38.7. The van der Waals surface area contributed by atoms with E-state index in [0.717, 1.165) is 5.32 Å². The van der Waals surface area contributed by atoms with Crippen molar-refractivity contribution in [2.45, 2.75) is 72.9 Å². The number of hydrogen-bond donors (Lipinski definition) is 5. The van der Waals surface area contributed by atoms with E-state index in [9.17, 15) is 77.2 Å². The van der Waals surface area contributed by atoms with Gasteiger partial charge in [0, 0.05) is 13.2 Å². The molecule has 21 heteroatoms. The minimum atomic E-state index is -8.14. The third-order valence-corrected chi connectivity index (χ3v) is 4.98. The average molecular weight is 583 g/mol. The van der Waals surface area contributed by atoms with E-state index in [0.29, 0.717) is 0 Å². The maximum atomic E-state index is 13.7. The van der Waals surface area contributed by atoms with Gasteiger partial charge < -0.3 is 35.2 Å². The standard InChI is InChI=1S/C16H18F13NO7/c17-11(18,12(19,20)13(21,22)14(23,24)15(25,26)16(27,28)29)10(35)30-2-1-3-36-8-6(32)5(4-31)37-9(34)7(8)33/h5-9,31-34H,1-4H2,(H,30,35)/t5-,6-,7-,8+,9?/m1/s1. The predicted octanol–water partition coefficient (Wildman–Crippen LogP) is 1.05. The Labute approximate surface area is 196 Å². The number of alkyl halides is 13. The van der Waals surface area contributed by atoms with E-state index < -0.39 is 98.6 Å². The summed E-state index contributed by atoms with van der Waals surface area (Å²) >= 11 is 0. The van der Waals surface area contributed by atoms with Crippen LogP contribution in [-0.4, -0.2) is 113 Å². The quantitative estimate of drug-likeness (QED) is 0.182. The largest absolute Gasteiger partial charge is 0.460 e. The molecule has 0 aromatic carbocycles. The smallest absolute Gasteiger partial charge is 0.394 e. The highest BCUT2D eigenvalue weighted by Crippen LogP contribution is 2.60. The molecule has 1 fully saturated rings. The Kier molecular flexibility index (Phi) is 9.76. The fraction of sp³-hybridized carbons (Fsp3) is 0.938. The van der Waals surface area contributed by atoms with Crippen LogP contribution in [-0.2, 0) is 14.3 Å². The van der Waals surface area contributed by atoms with Gasteiger partial charge in [-0.3, -0.25) is 4.79 Å². The summed E-state index contributed by atoms with van der Waals surface area (Å²) < 4.78 is 179. The van der Waals surface area contributed by atoms with Crippen LogP contribution in [0.2, 0.25) is 0 Å². The van der Waals surface area contributed by atoms with E-state index in [-0.39, 0.29) is 0 Å². The van der Waals surface area contributed by atoms with Crippen LogP contribution < -0.4 is 5.32 Å². The summed E-state index contributed by atoms with van der Waals surface area (Å²) in [5.41, 5.74) is 0. The fourth-order valence-corrected chi connectivity index (χ4v) is 2.78. The Morgan fingerprint density at radius 3 is 1.73 bits per heavy atom. The van der Waals surface area contributed by atoms with Gasteiger partial charge in [0.1, 0.15) is 24.4 Å². The zero-order valence-corrected chi connectivity index (χ0v) is 17.6. The van der Waals surface area contributed by atoms with Crippen molar-refractivity contribution in [3.05, 3.63) is 0 Å². The molecule has 0 spiro atoms. The van der Waals surface area contributed by atoms with Crippen LogP contribution in [0.4, 0.5) is 57.1 Å². The molecular weight excluding hydrogens is 565 g/mol. The summed E-state index contributed by atoms with van der Waals surface area (Å²) in [7, 11) is 0. The van der Waals surface area contributed by atoms with Crippen molar-refractivity contribution in [2.75, 3.05) is 19.8 Å². The molecule has 1 amide bonds. The van der Waals surface area contributed by atoms with E-state index in [1.54, 1.807) is 0 Å². The van der Waals surface area contributed by atoms with Crippen LogP contribution in [0.3, 0.4) is 0 Å². The lowest BCUT2D eigenvalue weighted by atomic mass is 9.93. The van der Waals surface area contributed by atoms with Crippen LogP contribution in [0.5, 0.6) is 0 Å². The molecule has 1 aliphatic heterocycles. The first-order valence-corrected chi connectivity index (χ1v) is 9.59. The number of nitrogens with one attached hydrogen (secondary N) is 1. The van der Waals surface area contributed by atoms with Crippen LogP contribution in [0, 0.1) is 0 Å². The van der Waals surface area contributed by atoms with Gasteiger partial charge in [0.05, 0.1) is 6.61 Å². The summed E-state index contributed by atoms with van der Waals surface area (Å²) in [6.45, 7) is -2.88. The number of carbonyl (C=O) groups is 1. The minimum Gasteiger partial charge on any atom is -0.394 e. The zero-order chi connectivity index (χ0) is 29.4. The van der Waals surface area contributed by atoms with Crippen LogP contribution in [0.1, 0.15) is 6.42 Å². The van der Waals surface area contributed by atoms with Gasteiger partial charge in [-0.05, 0) is 6.42 Å². The molecule has 8 nitrogen and oxygen atoms in total. The van der Waals surface area contributed by atoms with Crippen molar-refractivity contribution < 1.29 is 91.8 Å². The molecule has 0 aromatic rings. The van der Waals surface area contributed by atoms with Crippen molar-refractivity contribution in [1.29, 1.82) is 0 Å². The molecule has 1 aliphatic rings. The van der Waals surface area contributed by atoms with Gasteiger partial charge in [-0.2, -0.15) is 57.1 Å². The normalized spacial score (nSPS) is 26.8. The van der Waals surface area contributed by atoms with E-state index in [2.05, 4.69) is 4.74 Å². The van der Waals surface area contributed by atoms with Gasteiger partial charge >= 0.3 is 35.8 Å². The Balaban J connectivity index is 2.87. The van der Waals surface area contributed by atoms with Crippen molar-refractivity contribution in [3.63, 3.8) is 0 Å². The fourth-order valence-electron chi connectivity index (χ4n) is 2.78. The average Bonchev–Trinajstić information content (AvgIpc) is 2.76. The lowest BCUT2D eigenvalue weighted by Gasteiger charge is -2.40. The minimum absolute atomic E-state index is 0.733. The molecule has 1 heterocycles.